The molecule has 2 rings (SSSR count). The number of nitrogens with one attached hydrogen (secondary N) is 1. The van der Waals surface area contributed by atoms with Crippen molar-refractivity contribution in [1.82, 2.24) is 10.2 Å². The summed E-state index contributed by atoms with van der Waals surface area (Å²) in [5.74, 6) is 2.62. The molecule has 0 aromatic heterocycles. The summed E-state index contributed by atoms with van der Waals surface area (Å²) in [5, 5.41) is 3.37. The number of nitrogens with zero attached hydrogens (tertiary/aromatic N) is 1. The lowest BCUT2D eigenvalue weighted by Gasteiger charge is -2.14. The van der Waals surface area contributed by atoms with Gasteiger partial charge in [0.25, 0.3) is 0 Å². The van der Waals surface area contributed by atoms with Gasteiger partial charge in [-0.05, 0) is 19.3 Å². The molecule has 2 heteroatoms. The van der Waals surface area contributed by atoms with Gasteiger partial charge in [0.1, 0.15) is 0 Å². The van der Waals surface area contributed by atoms with Gasteiger partial charge < -0.3 is 5.32 Å². The van der Waals surface area contributed by atoms with Crippen LogP contribution in [0.4, 0.5) is 0 Å². The molecule has 66 valence electrons. The topological polar surface area (TPSA) is 15.3 Å². The molecule has 0 amide bonds. The van der Waals surface area contributed by atoms with Crippen LogP contribution in [0.2, 0.25) is 0 Å². The van der Waals surface area contributed by atoms with Crippen molar-refractivity contribution in [2.75, 3.05) is 19.6 Å². The van der Waals surface area contributed by atoms with Crippen LogP contribution in [0.5, 0.6) is 0 Å². The van der Waals surface area contributed by atoms with E-state index < -0.39 is 0 Å². The number of hydrogen-bond acceptors (Lipinski definition) is 2. The number of likely N-dealkylation sites (tertiary alicyclic amines) is 1. The standard InChI is InChI=1S/C10H16N2/c1-2-6-11-9-5-7-12(8-9)10-3-4-10/h1,9-11H,3-8H2. The Morgan fingerprint density at radius 1 is 1.42 bits per heavy atom. The first-order valence-electron chi connectivity index (χ1n) is 4.81. The monoisotopic (exact) mass is 164 g/mol. The highest BCUT2D eigenvalue weighted by molar-refractivity contribution is 4.94. The Morgan fingerprint density at radius 2 is 2.25 bits per heavy atom. The number of rotatable bonds is 3. The van der Waals surface area contributed by atoms with Crippen LogP contribution < -0.4 is 5.32 Å². The quantitative estimate of drug-likeness (QED) is 0.609. The molecule has 12 heavy (non-hydrogen) atoms. The van der Waals surface area contributed by atoms with Crippen molar-refractivity contribution in [3.05, 3.63) is 0 Å². The lowest BCUT2D eigenvalue weighted by molar-refractivity contribution is 0.319. The van der Waals surface area contributed by atoms with E-state index in [4.69, 9.17) is 6.42 Å². The van der Waals surface area contributed by atoms with E-state index in [2.05, 4.69) is 16.1 Å². The third kappa shape index (κ3) is 1.80. The Labute approximate surface area is 74.3 Å². The minimum absolute atomic E-state index is 0.654. The molecule has 2 fully saturated rings. The summed E-state index contributed by atoms with van der Waals surface area (Å²) in [6.07, 6.45) is 9.30. The van der Waals surface area contributed by atoms with Gasteiger partial charge in [0.05, 0.1) is 6.54 Å². The second kappa shape index (κ2) is 3.47. The van der Waals surface area contributed by atoms with Crippen LogP contribution >= 0.6 is 0 Å². The van der Waals surface area contributed by atoms with E-state index in [-0.39, 0.29) is 0 Å². The summed E-state index contributed by atoms with van der Waals surface area (Å²) in [4.78, 5) is 2.59. The molecule has 1 saturated heterocycles. The molecule has 2 aliphatic rings. The predicted molar refractivity (Wildman–Crippen MR) is 49.8 cm³/mol. The van der Waals surface area contributed by atoms with E-state index in [1.807, 2.05) is 0 Å². The normalized spacial score (nSPS) is 30.4. The largest absolute Gasteiger partial charge is 0.302 e. The van der Waals surface area contributed by atoms with Crippen LogP contribution in [0.1, 0.15) is 19.3 Å². The van der Waals surface area contributed by atoms with Crippen LogP contribution in [0, 0.1) is 12.3 Å². The molecule has 1 unspecified atom stereocenters. The molecule has 2 nitrogen and oxygen atoms in total. The first kappa shape index (κ1) is 8.10. The molecular formula is C10H16N2. The molecule has 1 N–H and O–H groups in total. The number of terminal acetylenes is 1. The summed E-state index contributed by atoms with van der Waals surface area (Å²) in [6, 6.07) is 1.57. The maximum Gasteiger partial charge on any atom is 0.0576 e. The Morgan fingerprint density at radius 3 is 2.92 bits per heavy atom. The molecule has 0 radical (unpaired) electrons. The van der Waals surface area contributed by atoms with Gasteiger partial charge in [0.2, 0.25) is 0 Å². The van der Waals surface area contributed by atoms with Crippen LogP contribution in [-0.2, 0) is 0 Å². The highest BCUT2D eigenvalue weighted by Gasteiger charge is 2.33. The van der Waals surface area contributed by atoms with Gasteiger partial charge in [-0.25, -0.2) is 0 Å². The molecule has 1 atom stereocenters. The Kier molecular flexibility index (Phi) is 2.34. The highest BCUT2D eigenvalue weighted by atomic mass is 15.2. The predicted octanol–water partition coefficient (Wildman–Crippen LogP) is 0.446. The van der Waals surface area contributed by atoms with Crippen molar-refractivity contribution in [1.29, 1.82) is 0 Å². The molecule has 0 aromatic rings. The van der Waals surface area contributed by atoms with Crippen molar-refractivity contribution < 1.29 is 0 Å². The van der Waals surface area contributed by atoms with Crippen LogP contribution in [0.25, 0.3) is 0 Å². The molecule has 0 spiro atoms. The zero-order chi connectivity index (χ0) is 8.39. The van der Waals surface area contributed by atoms with Gasteiger partial charge in [-0.1, -0.05) is 5.92 Å². The summed E-state index contributed by atoms with van der Waals surface area (Å²) < 4.78 is 0. The van der Waals surface area contributed by atoms with Gasteiger partial charge in [0.15, 0.2) is 0 Å². The Balaban J connectivity index is 1.71. The maximum absolute atomic E-state index is 5.19. The molecule has 0 aromatic carbocycles. The summed E-state index contributed by atoms with van der Waals surface area (Å²) in [7, 11) is 0. The van der Waals surface area contributed by atoms with Crippen molar-refractivity contribution in [3.8, 4) is 12.3 Å². The van der Waals surface area contributed by atoms with Gasteiger partial charge in [-0.2, -0.15) is 0 Å². The van der Waals surface area contributed by atoms with Crippen molar-refractivity contribution in [3.63, 3.8) is 0 Å². The fourth-order valence-corrected chi connectivity index (χ4v) is 1.93. The first-order chi connectivity index (χ1) is 5.90. The minimum atomic E-state index is 0.654. The second-order valence-electron chi connectivity index (χ2n) is 3.80. The molecule has 1 aliphatic carbocycles. The average molecular weight is 164 g/mol. The van der Waals surface area contributed by atoms with Crippen molar-refractivity contribution >= 4 is 0 Å². The molecule has 1 aliphatic heterocycles. The first-order valence-corrected chi connectivity index (χ1v) is 4.81. The van der Waals surface area contributed by atoms with E-state index in [0.717, 1.165) is 12.6 Å². The zero-order valence-electron chi connectivity index (χ0n) is 7.42. The SMILES string of the molecule is C#CCNC1CCN(C2CC2)C1. The maximum atomic E-state index is 5.19. The van der Waals surface area contributed by atoms with E-state index in [9.17, 15) is 0 Å². The fourth-order valence-electron chi connectivity index (χ4n) is 1.93. The summed E-state index contributed by atoms with van der Waals surface area (Å²) in [6.45, 7) is 3.21. The van der Waals surface area contributed by atoms with Crippen LogP contribution in [0.15, 0.2) is 0 Å². The van der Waals surface area contributed by atoms with Gasteiger partial charge in [-0.15, -0.1) is 6.42 Å². The fraction of sp³-hybridized carbons (Fsp3) is 0.800. The Bertz CT molecular complexity index is 191. The van der Waals surface area contributed by atoms with Crippen molar-refractivity contribution in [2.24, 2.45) is 0 Å². The molecule has 1 heterocycles. The van der Waals surface area contributed by atoms with Crippen molar-refractivity contribution in [2.45, 2.75) is 31.3 Å². The number of hydrogen-bond donors (Lipinski definition) is 1. The molecule has 0 bridgehead atoms. The Hall–Kier alpha value is -0.520. The average Bonchev–Trinajstić information content (AvgIpc) is 2.83. The summed E-state index contributed by atoms with van der Waals surface area (Å²) >= 11 is 0. The second-order valence-corrected chi connectivity index (χ2v) is 3.80. The van der Waals surface area contributed by atoms with E-state index in [1.165, 1.54) is 32.4 Å². The zero-order valence-corrected chi connectivity index (χ0v) is 7.42. The van der Waals surface area contributed by atoms with E-state index >= 15 is 0 Å². The van der Waals surface area contributed by atoms with Gasteiger partial charge >= 0.3 is 0 Å². The smallest absolute Gasteiger partial charge is 0.0576 e. The van der Waals surface area contributed by atoms with Crippen LogP contribution in [-0.4, -0.2) is 36.6 Å². The van der Waals surface area contributed by atoms with E-state index in [1.54, 1.807) is 0 Å². The van der Waals surface area contributed by atoms with Gasteiger partial charge in [-0.3, -0.25) is 4.90 Å². The molecular weight excluding hydrogens is 148 g/mol. The highest BCUT2D eigenvalue weighted by Crippen LogP contribution is 2.29. The van der Waals surface area contributed by atoms with Crippen LogP contribution in [0.3, 0.4) is 0 Å². The van der Waals surface area contributed by atoms with Gasteiger partial charge in [0, 0.05) is 25.2 Å². The van der Waals surface area contributed by atoms with E-state index in [0.29, 0.717) is 6.04 Å². The minimum Gasteiger partial charge on any atom is -0.302 e. The third-order valence-electron chi connectivity index (χ3n) is 2.78. The summed E-state index contributed by atoms with van der Waals surface area (Å²) in [5.41, 5.74) is 0. The third-order valence-corrected chi connectivity index (χ3v) is 2.78. The lowest BCUT2D eigenvalue weighted by Crippen LogP contribution is -2.33. The lowest BCUT2D eigenvalue weighted by atomic mass is 10.3. The molecule has 1 saturated carbocycles.